The zero-order valence-corrected chi connectivity index (χ0v) is 23.8. The molecular formula is C32H29ClN2O4S. The van der Waals surface area contributed by atoms with E-state index in [-0.39, 0.29) is 24.6 Å². The van der Waals surface area contributed by atoms with Gasteiger partial charge in [0.2, 0.25) is 0 Å². The molecular weight excluding hydrogens is 544 g/mol. The van der Waals surface area contributed by atoms with E-state index in [1.54, 1.807) is 30.3 Å². The average molecular weight is 573 g/mol. The lowest BCUT2D eigenvalue weighted by atomic mass is 9.95. The second-order valence-electron chi connectivity index (χ2n) is 9.58. The number of carbonyl (C=O) groups excluding carboxylic acids is 1. The number of benzene rings is 4. The minimum absolute atomic E-state index is 0.0620. The van der Waals surface area contributed by atoms with Crippen molar-refractivity contribution in [3.63, 3.8) is 0 Å². The molecule has 1 aliphatic heterocycles. The van der Waals surface area contributed by atoms with Crippen LogP contribution in [0.5, 0.6) is 5.75 Å². The van der Waals surface area contributed by atoms with Gasteiger partial charge in [-0.3, -0.25) is 9.10 Å². The van der Waals surface area contributed by atoms with E-state index in [2.05, 4.69) is 5.32 Å². The number of anilines is 1. The summed E-state index contributed by atoms with van der Waals surface area (Å²) in [6.07, 6.45) is 0. The Kier molecular flexibility index (Phi) is 7.96. The van der Waals surface area contributed by atoms with Crippen LogP contribution in [0, 0.1) is 13.8 Å². The monoisotopic (exact) mass is 572 g/mol. The lowest BCUT2D eigenvalue weighted by Crippen LogP contribution is -2.42. The van der Waals surface area contributed by atoms with Crippen molar-refractivity contribution in [3.05, 3.63) is 135 Å². The van der Waals surface area contributed by atoms with Crippen molar-refractivity contribution in [1.82, 2.24) is 5.32 Å². The van der Waals surface area contributed by atoms with Gasteiger partial charge in [0.1, 0.15) is 12.4 Å². The number of nitrogens with zero attached hydrogens (tertiary/aromatic N) is 1. The van der Waals surface area contributed by atoms with Crippen molar-refractivity contribution in [2.24, 2.45) is 0 Å². The van der Waals surface area contributed by atoms with Gasteiger partial charge >= 0.3 is 0 Å². The first kappa shape index (κ1) is 27.5. The van der Waals surface area contributed by atoms with Gasteiger partial charge in [0.05, 0.1) is 18.8 Å². The number of hydrogen-bond donors (Lipinski definition) is 1. The topological polar surface area (TPSA) is 75.7 Å². The van der Waals surface area contributed by atoms with Crippen LogP contribution in [0.1, 0.15) is 27.8 Å². The summed E-state index contributed by atoms with van der Waals surface area (Å²) in [5, 5.41) is 3.21. The molecule has 0 bridgehead atoms. The molecule has 6 nitrogen and oxygen atoms in total. The zero-order valence-electron chi connectivity index (χ0n) is 22.2. The Bertz CT molecular complexity index is 1690. The maximum Gasteiger partial charge on any atom is 0.270 e. The zero-order chi connectivity index (χ0) is 28.3. The summed E-state index contributed by atoms with van der Waals surface area (Å²) >= 11 is 6.41. The van der Waals surface area contributed by atoms with Gasteiger partial charge < -0.3 is 10.1 Å². The molecule has 0 aliphatic carbocycles. The van der Waals surface area contributed by atoms with Crippen LogP contribution in [0.3, 0.4) is 0 Å². The van der Waals surface area contributed by atoms with Crippen LogP contribution in [0.25, 0.3) is 5.57 Å². The van der Waals surface area contributed by atoms with Crippen molar-refractivity contribution in [2.45, 2.75) is 20.4 Å². The molecule has 0 fully saturated rings. The fourth-order valence-corrected chi connectivity index (χ4v) is 6.60. The summed E-state index contributed by atoms with van der Waals surface area (Å²) < 4.78 is 35.6. The lowest BCUT2D eigenvalue weighted by molar-refractivity contribution is -0.116. The van der Waals surface area contributed by atoms with Gasteiger partial charge in [0.25, 0.3) is 15.9 Å². The Morgan fingerprint density at radius 3 is 2.27 bits per heavy atom. The summed E-state index contributed by atoms with van der Waals surface area (Å²) in [6.45, 7) is 4.38. The van der Waals surface area contributed by atoms with Gasteiger partial charge in [-0.2, -0.15) is 0 Å². The van der Waals surface area contributed by atoms with Gasteiger partial charge in [-0.15, -0.1) is 0 Å². The van der Waals surface area contributed by atoms with Gasteiger partial charge in [0, 0.05) is 16.2 Å². The number of aryl methyl sites for hydroxylation is 2. The maximum absolute atomic E-state index is 14.3. The molecule has 0 saturated carbocycles. The Labute approximate surface area is 239 Å². The van der Waals surface area contributed by atoms with Crippen molar-refractivity contribution in [3.8, 4) is 5.75 Å². The van der Waals surface area contributed by atoms with E-state index < -0.39 is 15.9 Å². The molecule has 40 heavy (non-hydrogen) atoms. The van der Waals surface area contributed by atoms with Crippen molar-refractivity contribution in [1.29, 1.82) is 0 Å². The molecule has 0 spiro atoms. The van der Waals surface area contributed by atoms with E-state index in [9.17, 15) is 13.2 Å². The number of ether oxygens (including phenoxy) is 1. The molecule has 0 atom stereocenters. The number of rotatable bonds is 8. The first-order valence-corrected chi connectivity index (χ1v) is 14.7. The van der Waals surface area contributed by atoms with E-state index in [0.29, 0.717) is 33.2 Å². The number of amides is 1. The normalized spacial score (nSPS) is 14.0. The van der Waals surface area contributed by atoms with E-state index in [1.807, 2.05) is 80.6 Å². The number of hydrogen-bond acceptors (Lipinski definition) is 4. The van der Waals surface area contributed by atoms with Crippen LogP contribution in [0.4, 0.5) is 5.69 Å². The van der Waals surface area contributed by atoms with Crippen LogP contribution in [-0.4, -0.2) is 27.5 Å². The van der Waals surface area contributed by atoms with E-state index in [0.717, 1.165) is 16.7 Å². The van der Waals surface area contributed by atoms with Crippen LogP contribution in [-0.2, 0) is 21.4 Å². The predicted molar refractivity (Wildman–Crippen MR) is 160 cm³/mol. The van der Waals surface area contributed by atoms with Crippen molar-refractivity contribution < 1.29 is 17.9 Å². The number of nitrogens with one attached hydrogen (secondary N) is 1. The quantitative estimate of drug-likeness (QED) is 0.253. The number of fused-ring (bicyclic) bond motifs is 1. The Morgan fingerprint density at radius 1 is 0.875 bits per heavy atom. The molecule has 1 amide bonds. The third kappa shape index (κ3) is 5.62. The number of halogens is 1. The largest absolute Gasteiger partial charge is 0.492 e. The Morgan fingerprint density at radius 2 is 1.57 bits per heavy atom. The minimum Gasteiger partial charge on any atom is -0.492 e. The molecule has 0 saturated heterocycles. The van der Waals surface area contributed by atoms with Crippen LogP contribution >= 0.6 is 11.6 Å². The highest BCUT2D eigenvalue weighted by molar-refractivity contribution is 7.97. The van der Waals surface area contributed by atoms with Crippen LogP contribution in [0.2, 0.25) is 5.02 Å². The third-order valence-electron chi connectivity index (χ3n) is 6.84. The highest BCUT2D eigenvalue weighted by Crippen LogP contribution is 2.44. The van der Waals surface area contributed by atoms with E-state index in [4.69, 9.17) is 16.3 Å². The second kappa shape index (κ2) is 11.6. The molecule has 1 heterocycles. The van der Waals surface area contributed by atoms with Gasteiger partial charge in [-0.1, -0.05) is 78.3 Å². The average Bonchev–Trinajstić information content (AvgIpc) is 2.95. The van der Waals surface area contributed by atoms with E-state index >= 15 is 0 Å². The molecule has 4 aromatic carbocycles. The summed E-state index contributed by atoms with van der Waals surface area (Å²) in [5.41, 5.74) is 4.99. The summed E-state index contributed by atoms with van der Waals surface area (Å²) in [6, 6.07) is 29.1. The molecule has 8 heteroatoms. The number of carbonyl (C=O) groups is 1. The summed E-state index contributed by atoms with van der Waals surface area (Å²) in [5.74, 6) is -0.0179. The van der Waals surface area contributed by atoms with Crippen molar-refractivity contribution >= 4 is 38.8 Å². The lowest BCUT2D eigenvalue weighted by Gasteiger charge is -2.33. The fourth-order valence-electron chi connectivity index (χ4n) is 4.68. The minimum atomic E-state index is -4.27. The summed E-state index contributed by atoms with van der Waals surface area (Å²) in [4.78, 5) is 13.4. The van der Waals surface area contributed by atoms with Crippen molar-refractivity contribution in [2.75, 3.05) is 17.5 Å². The predicted octanol–water partition coefficient (Wildman–Crippen LogP) is 6.26. The van der Waals surface area contributed by atoms with Crippen LogP contribution < -0.4 is 14.4 Å². The molecule has 5 rings (SSSR count). The molecule has 0 unspecified atom stereocenters. The molecule has 1 N–H and O–H groups in total. The Balaban J connectivity index is 1.53. The van der Waals surface area contributed by atoms with E-state index in [1.165, 1.54) is 4.31 Å². The highest BCUT2D eigenvalue weighted by Gasteiger charge is 2.41. The highest BCUT2D eigenvalue weighted by atomic mass is 35.5. The molecule has 1 aliphatic rings. The maximum atomic E-state index is 14.3. The SMILES string of the molecule is Cc1ccc(OCCNC(=O)C2=C(c3ccccc3)c3cc(Cl)ccc3N(Cc3ccccc3)S2(=O)=O)cc1C. The molecule has 0 radical (unpaired) electrons. The number of sulfonamides is 1. The molecule has 4 aromatic rings. The fraction of sp³-hybridized carbons (Fsp3) is 0.156. The van der Waals surface area contributed by atoms with Gasteiger partial charge in [-0.05, 0) is 66.4 Å². The second-order valence-corrected chi connectivity index (χ2v) is 11.8. The first-order chi connectivity index (χ1) is 19.3. The Hall–Kier alpha value is -4.07. The van der Waals surface area contributed by atoms with Crippen LogP contribution in [0.15, 0.2) is 102 Å². The first-order valence-electron chi connectivity index (χ1n) is 12.9. The van der Waals surface area contributed by atoms with Gasteiger partial charge in [-0.25, -0.2) is 8.42 Å². The standard InChI is InChI=1S/C32H29ClN2O4S/c1-22-13-15-27(19-23(22)2)39-18-17-34-32(36)31-30(25-11-7-4-8-12-25)28-20-26(33)14-16-29(28)35(40(31,37)38)21-24-9-5-3-6-10-24/h3-16,19-20H,17-18,21H2,1-2H3,(H,34,36). The molecule has 204 valence electrons. The third-order valence-corrected chi connectivity index (χ3v) is 8.89. The van der Waals surface area contributed by atoms with Gasteiger partial charge in [0.15, 0.2) is 4.91 Å². The summed E-state index contributed by atoms with van der Waals surface area (Å²) in [7, 11) is -4.27. The smallest absolute Gasteiger partial charge is 0.270 e. The molecule has 0 aromatic heterocycles.